The number of hydrogen-bond donors (Lipinski definition) is 0. The highest BCUT2D eigenvalue weighted by Crippen LogP contribution is 2.33. The number of hydrogen-bond acceptors (Lipinski definition) is 8. The largest absolute Gasteiger partial charge is 0.331 e. The van der Waals surface area contributed by atoms with E-state index in [4.69, 9.17) is 4.84 Å². The lowest BCUT2D eigenvalue weighted by Crippen LogP contribution is -2.39. The molecule has 4 aromatic rings. The van der Waals surface area contributed by atoms with E-state index in [-0.39, 0.29) is 35.0 Å². The van der Waals surface area contributed by atoms with Gasteiger partial charge in [-0.05, 0) is 30.7 Å². The van der Waals surface area contributed by atoms with Gasteiger partial charge in [-0.1, -0.05) is 25.6 Å². The second-order valence-corrected chi connectivity index (χ2v) is 10.7. The van der Waals surface area contributed by atoms with Gasteiger partial charge in [0.05, 0.1) is 30.6 Å². The molecule has 0 radical (unpaired) electrons. The Kier molecular flexibility index (Phi) is 6.28. The first-order valence-electron chi connectivity index (χ1n) is 11.4. The summed E-state index contributed by atoms with van der Waals surface area (Å²) in [6.45, 7) is 5.64. The lowest BCUT2D eigenvalue weighted by atomic mass is 10.1. The summed E-state index contributed by atoms with van der Waals surface area (Å²) in [5, 5.41) is 2.33. The van der Waals surface area contributed by atoms with Gasteiger partial charge in [0.15, 0.2) is 10.8 Å². The molecule has 1 amide bonds. The van der Waals surface area contributed by atoms with Crippen molar-refractivity contribution in [1.82, 2.24) is 28.7 Å². The van der Waals surface area contributed by atoms with Gasteiger partial charge in [-0.2, -0.15) is 0 Å². The molecule has 184 valence electrons. The molecule has 1 saturated heterocycles. The Morgan fingerprint density at radius 2 is 2.09 bits per heavy atom. The second kappa shape index (κ2) is 9.25. The number of imidazole rings is 1. The van der Waals surface area contributed by atoms with Crippen molar-refractivity contribution in [2.24, 2.45) is 13.0 Å². The average Bonchev–Trinajstić information content (AvgIpc) is 3.58. The molecule has 35 heavy (non-hydrogen) atoms. The zero-order chi connectivity index (χ0) is 24.9. The molecule has 12 heteroatoms. The highest BCUT2D eigenvalue weighted by molar-refractivity contribution is 7.98. The lowest BCUT2D eigenvalue weighted by Gasteiger charge is -2.15. The highest BCUT2D eigenvalue weighted by Gasteiger charge is 2.31. The quantitative estimate of drug-likeness (QED) is 0.365. The number of hydroxylamine groups is 2. The maximum atomic E-state index is 13.7. The number of carbonyl (C=O) groups is 1. The van der Waals surface area contributed by atoms with Crippen molar-refractivity contribution in [2.75, 3.05) is 19.4 Å². The number of pyridine rings is 1. The molecule has 5 heterocycles. The molecule has 4 aromatic heterocycles. The Morgan fingerprint density at radius 1 is 1.29 bits per heavy atom. The third-order valence-corrected chi connectivity index (χ3v) is 7.81. The first kappa shape index (κ1) is 23.8. The SMILES string of the molecule is CSc1nc2cccnc2n1Cc1sc2c(c1C(=O)N1CCCO1)c(=O)n(C)c(=O)n2CC(C)C. The Hall–Kier alpha value is -2.96. The van der Waals surface area contributed by atoms with Gasteiger partial charge < -0.3 is 0 Å². The smallest absolute Gasteiger partial charge is 0.298 e. The van der Waals surface area contributed by atoms with Gasteiger partial charge >= 0.3 is 5.69 Å². The minimum atomic E-state index is -0.478. The van der Waals surface area contributed by atoms with Crippen LogP contribution in [0.4, 0.5) is 0 Å². The van der Waals surface area contributed by atoms with Crippen LogP contribution in [-0.4, -0.2) is 54.0 Å². The van der Waals surface area contributed by atoms with Crippen LogP contribution in [0, 0.1) is 5.92 Å². The summed E-state index contributed by atoms with van der Waals surface area (Å²) < 4.78 is 4.64. The van der Waals surface area contributed by atoms with Crippen molar-refractivity contribution in [3.05, 3.63) is 49.6 Å². The summed E-state index contributed by atoms with van der Waals surface area (Å²) in [5.74, 6) is -0.191. The molecular formula is C23H26N6O4S2. The number of carbonyl (C=O) groups excluding carboxylic acids is 1. The van der Waals surface area contributed by atoms with Crippen LogP contribution in [0.5, 0.6) is 0 Å². The van der Waals surface area contributed by atoms with Crippen LogP contribution in [-0.2, 0) is 25.0 Å². The van der Waals surface area contributed by atoms with E-state index in [0.29, 0.717) is 35.1 Å². The third kappa shape index (κ3) is 3.99. The molecule has 0 atom stereocenters. The molecule has 1 aliphatic heterocycles. The number of thiophene rings is 1. The summed E-state index contributed by atoms with van der Waals surface area (Å²) in [6.07, 6.45) is 4.37. The fraction of sp³-hybridized carbons (Fsp3) is 0.435. The molecule has 0 aromatic carbocycles. The van der Waals surface area contributed by atoms with Gasteiger partial charge in [-0.25, -0.2) is 19.8 Å². The number of thioether (sulfide) groups is 1. The standard InChI is InChI=1S/C23H26N6O4S2/c1-13(2)11-28-21-17(19(30)26(3)23(28)32)16(20(31)29-9-6-10-33-29)15(35-21)12-27-18-14(7-5-8-24-18)25-22(27)34-4/h5,7-8,13H,6,9-12H2,1-4H3. The summed E-state index contributed by atoms with van der Waals surface area (Å²) in [5.41, 5.74) is 0.863. The van der Waals surface area contributed by atoms with Crippen molar-refractivity contribution in [2.45, 2.75) is 38.5 Å². The monoisotopic (exact) mass is 514 g/mol. The lowest BCUT2D eigenvalue weighted by molar-refractivity contribution is -0.0767. The van der Waals surface area contributed by atoms with Gasteiger partial charge in [0, 0.05) is 24.7 Å². The third-order valence-electron chi connectivity index (χ3n) is 5.94. The van der Waals surface area contributed by atoms with Crippen LogP contribution in [0.25, 0.3) is 21.4 Å². The van der Waals surface area contributed by atoms with Crippen molar-refractivity contribution >= 4 is 50.4 Å². The molecule has 0 saturated carbocycles. The Morgan fingerprint density at radius 3 is 2.77 bits per heavy atom. The Bertz CT molecular complexity index is 1560. The molecule has 0 unspecified atom stereocenters. The topological polar surface area (TPSA) is 104 Å². The van der Waals surface area contributed by atoms with Gasteiger partial charge in [-0.15, -0.1) is 11.3 Å². The van der Waals surface area contributed by atoms with Crippen LogP contribution in [0.15, 0.2) is 33.1 Å². The number of rotatable bonds is 6. The van der Waals surface area contributed by atoms with Gasteiger partial charge in [0.1, 0.15) is 10.3 Å². The Balaban J connectivity index is 1.80. The number of aromatic nitrogens is 5. The maximum absolute atomic E-state index is 13.7. The first-order chi connectivity index (χ1) is 16.8. The first-order valence-corrected chi connectivity index (χ1v) is 13.4. The molecule has 0 spiro atoms. The van der Waals surface area contributed by atoms with Crippen LogP contribution in [0.1, 0.15) is 35.5 Å². The van der Waals surface area contributed by atoms with E-state index < -0.39 is 5.56 Å². The summed E-state index contributed by atoms with van der Waals surface area (Å²) >= 11 is 2.79. The van der Waals surface area contributed by atoms with Crippen LogP contribution < -0.4 is 11.2 Å². The van der Waals surface area contributed by atoms with Crippen LogP contribution >= 0.6 is 23.1 Å². The van der Waals surface area contributed by atoms with Gasteiger partial charge in [0.25, 0.3) is 11.5 Å². The molecule has 5 rings (SSSR count). The van der Waals surface area contributed by atoms with Crippen molar-refractivity contribution in [1.29, 1.82) is 0 Å². The summed E-state index contributed by atoms with van der Waals surface area (Å²) in [6, 6.07) is 3.72. The van der Waals surface area contributed by atoms with E-state index in [9.17, 15) is 14.4 Å². The van der Waals surface area contributed by atoms with Gasteiger partial charge in [-0.3, -0.25) is 28.1 Å². The van der Waals surface area contributed by atoms with E-state index in [0.717, 1.165) is 21.7 Å². The number of nitrogens with zero attached hydrogens (tertiary/aromatic N) is 6. The fourth-order valence-electron chi connectivity index (χ4n) is 4.35. The molecule has 0 aliphatic carbocycles. The van der Waals surface area contributed by atoms with Crippen molar-refractivity contribution in [3.63, 3.8) is 0 Å². The zero-order valence-electron chi connectivity index (χ0n) is 20.0. The molecule has 0 bridgehead atoms. The number of fused-ring (bicyclic) bond motifs is 2. The van der Waals surface area contributed by atoms with Crippen molar-refractivity contribution < 1.29 is 9.63 Å². The predicted octanol–water partition coefficient (Wildman–Crippen LogP) is 2.71. The second-order valence-electron chi connectivity index (χ2n) is 8.86. The zero-order valence-corrected chi connectivity index (χ0v) is 21.6. The predicted molar refractivity (Wildman–Crippen MR) is 136 cm³/mol. The minimum Gasteiger partial charge on any atom is -0.298 e. The van der Waals surface area contributed by atoms with E-state index in [1.54, 1.807) is 10.8 Å². The highest BCUT2D eigenvalue weighted by atomic mass is 32.2. The summed E-state index contributed by atoms with van der Waals surface area (Å²) in [7, 11) is 1.46. The van der Waals surface area contributed by atoms with E-state index in [1.165, 1.54) is 35.2 Å². The molecular weight excluding hydrogens is 488 g/mol. The molecule has 1 aliphatic rings. The maximum Gasteiger partial charge on any atom is 0.331 e. The van der Waals surface area contributed by atoms with E-state index in [1.807, 2.05) is 36.8 Å². The van der Waals surface area contributed by atoms with Crippen LogP contribution in [0.3, 0.4) is 0 Å². The normalized spacial score (nSPS) is 14.1. The molecule has 0 N–H and O–H groups in total. The fourth-order valence-corrected chi connectivity index (χ4v) is 6.19. The van der Waals surface area contributed by atoms with Crippen molar-refractivity contribution in [3.8, 4) is 0 Å². The number of amides is 1. The van der Waals surface area contributed by atoms with Gasteiger partial charge in [0.2, 0.25) is 0 Å². The van der Waals surface area contributed by atoms with E-state index in [2.05, 4.69) is 9.97 Å². The Labute approximate surface area is 209 Å². The molecule has 10 nitrogen and oxygen atoms in total. The average molecular weight is 515 g/mol. The van der Waals surface area contributed by atoms with Crippen LogP contribution in [0.2, 0.25) is 0 Å². The summed E-state index contributed by atoms with van der Waals surface area (Å²) in [4.78, 5) is 56.0. The molecule has 1 fully saturated rings. The minimum absolute atomic E-state index is 0.171. The van der Waals surface area contributed by atoms with E-state index >= 15 is 0 Å².